The third-order valence-corrected chi connectivity index (χ3v) is 12.7. The summed E-state index contributed by atoms with van der Waals surface area (Å²) in [4.78, 5) is 53.9. The monoisotopic (exact) mass is 802 g/mol. The van der Waals surface area contributed by atoms with Gasteiger partial charge in [-0.25, -0.2) is 9.97 Å². The Labute approximate surface area is 354 Å². The molecule has 8 rings (SSSR count). The van der Waals surface area contributed by atoms with Gasteiger partial charge in [-0.05, 0) is 85.2 Å². The molecule has 0 radical (unpaired) electrons. The lowest BCUT2D eigenvalue weighted by Crippen LogP contribution is -2.43. The van der Waals surface area contributed by atoms with E-state index in [0.717, 1.165) is 121 Å². The number of hydrogen-bond donors (Lipinski definition) is 2. The van der Waals surface area contributed by atoms with Crippen molar-refractivity contribution >= 4 is 11.8 Å². The molecule has 4 aromatic carbocycles. The number of nitrogens with one attached hydrogen (secondary N) is 2. The first-order valence-electron chi connectivity index (χ1n) is 21.9. The number of amides is 2. The van der Waals surface area contributed by atoms with Crippen LogP contribution in [0.3, 0.4) is 0 Å². The molecule has 2 aromatic heterocycles. The lowest BCUT2D eigenvalue weighted by molar-refractivity contribution is -0.139. The maximum atomic E-state index is 14.3. The first-order chi connectivity index (χ1) is 29.4. The number of carbonyl (C=O) groups is 2. The van der Waals surface area contributed by atoms with E-state index in [1.807, 2.05) is 58.6 Å². The summed E-state index contributed by atoms with van der Waals surface area (Å²) in [6.45, 7) is 13.1. The van der Waals surface area contributed by atoms with Crippen molar-refractivity contribution in [2.45, 2.75) is 77.5 Å². The number of likely N-dealkylation sites (tertiary alicyclic amines) is 2. The van der Waals surface area contributed by atoms with Crippen LogP contribution in [-0.2, 0) is 9.59 Å². The molecule has 0 saturated carbocycles. The number of nitrogens with zero attached hydrogens (tertiary/aromatic N) is 6. The van der Waals surface area contributed by atoms with Crippen LogP contribution in [0.5, 0.6) is 0 Å². The van der Waals surface area contributed by atoms with Gasteiger partial charge in [0.1, 0.15) is 23.7 Å². The molecule has 2 fully saturated rings. The van der Waals surface area contributed by atoms with Crippen molar-refractivity contribution in [1.82, 2.24) is 39.5 Å². The number of imidazole rings is 2. The second-order valence-corrected chi connectivity index (χ2v) is 16.0. The molecule has 310 valence electrons. The van der Waals surface area contributed by atoms with E-state index in [1.165, 1.54) is 0 Å². The molecule has 2 aliphatic heterocycles. The van der Waals surface area contributed by atoms with Crippen molar-refractivity contribution in [3.63, 3.8) is 0 Å². The van der Waals surface area contributed by atoms with Gasteiger partial charge in [0, 0.05) is 13.1 Å². The van der Waals surface area contributed by atoms with Crippen molar-refractivity contribution < 1.29 is 9.59 Å². The highest BCUT2D eigenvalue weighted by molar-refractivity contribution is 5.85. The highest BCUT2D eigenvalue weighted by atomic mass is 16.2. The molecule has 10 nitrogen and oxygen atoms in total. The smallest absolute Gasteiger partial charge is 0.245 e. The van der Waals surface area contributed by atoms with Crippen LogP contribution in [0.25, 0.3) is 33.6 Å². The molecule has 2 saturated heterocycles. The molecule has 60 heavy (non-hydrogen) atoms. The SMILES string of the molecule is CCN(CC)C(C(=O)N1CCC[C@H]1c1ncc(-c2ccc(-c3ccc(-c4cnc([C@@H]5CCCN5C(=O)C(c5ccccc5)N(CC)CC)[nH]4)cc3)cc2)[nH]1)c1ccccc1. The Kier molecular flexibility index (Phi) is 12.7. The van der Waals surface area contributed by atoms with Crippen LogP contribution < -0.4 is 0 Å². The minimum atomic E-state index is -0.314. The largest absolute Gasteiger partial charge is 0.340 e. The van der Waals surface area contributed by atoms with E-state index in [0.29, 0.717) is 0 Å². The van der Waals surface area contributed by atoms with E-state index in [1.54, 1.807) is 0 Å². The lowest BCUT2D eigenvalue weighted by Gasteiger charge is -2.34. The van der Waals surface area contributed by atoms with Gasteiger partial charge in [0.05, 0.1) is 35.9 Å². The van der Waals surface area contributed by atoms with Crippen LogP contribution in [0.1, 0.15) is 100 Å². The number of likely N-dealkylation sites (N-methyl/N-ethyl adjacent to an activating group) is 2. The zero-order chi connectivity index (χ0) is 41.6. The fourth-order valence-electron chi connectivity index (χ4n) is 9.40. The predicted molar refractivity (Wildman–Crippen MR) is 239 cm³/mol. The normalized spacial score (nSPS) is 17.8. The van der Waals surface area contributed by atoms with Crippen molar-refractivity contribution in [2.24, 2.45) is 0 Å². The van der Waals surface area contributed by atoms with E-state index in [-0.39, 0.29) is 36.0 Å². The van der Waals surface area contributed by atoms with E-state index < -0.39 is 0 Å². The van der Waals surface area contributed by atoms with Gasteiger partial charge >= 0.3 is 0 Å². The highest BCUT2D eigenvalue weighted by Gasteiger charge is 2.39. The Morgan fingerprint density at radius 3 is 1.25 bits per heavy atom. The Balaban J connectivity index is 0.936. The zero-order valence-electron chi connectivity index (χ0n) is 35.4. The van der Waals surface area contributed by atoms with Crippen LogP contribution in [0.2, 0.25) is 0 Å². The number of aromatic nitrogens is 4. The van der Waals surface area contributed by atoms with Gasteiger partial charge in [-0.1, -0.05) is 137 Å². The maximum absolute atomic E-state index is 14.3. The third-order valence-electron chi connectivity index (χ3n) is 12.7. The molecule has 2 unspecified atom stereocenters. The summed E-state index contributed by atoms with van der Waals surface area (Å²) < 4.78 is 0. The number of hydrogen-bond acceptors (Lipinski definition) is 6. The fourth-order valence-corrected chi connectivity index (χ4v) is 9.40. The Morgan fingerprint density at radius 2 is 0.900 bits per heavy atom. The van der Waals surface area contributed by atoms with Crippen LogP contribution in [-0.4, -0.2) is 90.6 Å². The summed E-state index contributed by atoms with van der Waals surface area (Å²) in [5, 5.41) is 0. The number of H-pyrrole nitrogens is 2. The Bertz CT molecular complexity index is 2150. The van der Waals surface area contributed by atoms with Crippen LogP contribution in [0.4, 0.5) is 0 Å². The molecule has 2 amide bonds. The molecular formula is C50H58N8O2. The summed E-state index contributed by atoms with van der Waals surface area (Å²) in [7, 11) is 0. The second-order valence-electron chi connectivity index (χ2n) is 16.0. The number of rotatable bonds is 15. The van der Waals surface area contributed by atoms with Gasteiger partial charge in [-0.3, -0.25) is 19.4 Å². The van der Waals surface area contributed by atoms with E-state index in [4.69, 9.17) is 9.97 Å². The average Bonchev–Trinajstić information content (AvgIpc) is 4.15. The van der Waals surface area contributed by atoms with Gasteiger partial charge < -0.3 is 19.8 Å². The van der Waals surface area contributed by atoms with Crippen molar-refractivity contribution in [2.75, 3.05) is 39.3 Å². The van der Waals surface area contributed by atoms with Crippen molar-refractivity contribution in [3.8, 4) is 33.6 Å². The first kappa shape index (κ1) is 40.9. The topological polar surface area (TPSA) is 104 Å². The maximum Gasteiger partial charge on any atom is 0.245 e. The molecule has 4 atom stereocenters. The summed E-state index contributed by atoms with van der Waals surface area (Å²) in [5.74, 6) is 1.97. The molecule has 4 heterocycles. The second kappa shape index (κ2) is 18.6. The third kappa shape index (κ3) is 8.31. The summed E-state index contributed by atoms with van der Waals surface area (Å²) >= 11 is 0. The number of aromatic amines is 2. The van der Waals surface area contributed by atoms with Gasteiger partial charge in [-0.15, -0.1) is 0 Å². The summed E-state index contributed by atoms with van der Waals surface area (Å²) in [6, 6.07) is 36.6. The van der Waals surface area contributed by atoms with Gasteiger partial charge in [0.15, 0.2) is 0 Å². The molecular weight excluding hydrogens is 745 g/mol. The van der Waals surface area contributed by atoms with Crippen LogP contribution in [0.15, 0.2) is 122 Å². The van der Waals surface area contributed by atoms with Gasteiger partial charge in [0.2, 0.25) is 11.8 Å². The molecule has 2 N–H and O–H groups in total. The molecule has 6 aromatic rings. The number of benzene rings is 4. The van der Waals surface area contributed by atoms with Crippen molar-refractivity contribution in [1.29, 1.82) is 0 Å². The Morgan fingerprint density at radius 1 is 0.550 bits per heavy atom. The summed E-state index contributed by atoms with van der Waals surface area (Å²) in [5.41, 5.74) is 8.28. The molecule has 2 aliphatic rings. The minimum absolute atomic E-state index is 0.0825. The minimum Gasteiger partial charge on any atom is -0.340 e. The molecule has 0 bridgehead atoms. The standard InChI is InChI=1S/C50H58N8O2/c1-5-55(6-2)45(39-17-11-9-12-18-39)49(59)57-31-15-21-43(57)47-51-33-41(53-47)37-27-23-35(24-28-37)36-25-29-38(30-26-36)42-34-52-48(54-42)44-22-16-32-58(44)50(60)46(56(7-3)8-4)40-19-13-10-14-20-40/h9-14,17-20,23-30,33-34,43-46H,5-8,15-16,21-22,31-32H2,1-4H3,(H,51,53)(H,52,54)/t43-,44-,45?,46?/m0/s1. The zero-order valence-corrected chi connectivity index (χ0v) is 35.4. The highest BCUT2D eigenvalue weighted by Crippen LogP contribution is 2.38. The fraction of sp³-hybridized carbons (Fsp3) is 0.360. The predicted octanol–water partition coefficient (Wildman–Crippen LogP) is 9.63. The van der Waals surface area contributed by atoms with Gasteiger partial charge in [-0.2, -0.15) is 0 Å². The van der Waals surface area contributed by atoms with Crippen molar-refractivity contribution in [3.05, 3.63) is 144 Å². The molecule has 10 heteroatoms. The lowest BCUT2D eigenvalue weighted by atomic mass is 10.0. The quantitative estimate of drug-likeness (QED) is 0.107. The Hall–Kier alpha value is -5.84. The average molecular weight is 803 g/mol. The first-order valence-corrected chi connectivity index (χ1v) is 21.9. The molecule has 0 spiro atoms. The number of carbonyl (C=O) groups excluding carboxylic acids is 2. The van der Waals surface area contributed by atoms with Gasteiger partial charge in [0.25, 0.3) is 0 Å². The molecule has 0 aliphatic carbocycles. The van der Waals surface area contributed by atoms with E-state index >= 15 is 0 Å². The van der Waals surface area contributed by atoms with E-state index in [2.05, 4.69) is 120 Å². The van der Waals surface area contributed by atoms with Crippen LogP contribution in [0, 0.1) is 0 Å². The summed E-state index contributed by atoms with van der Waals surface area (Å²) in [6.07, 6.45) is 7.47. The van der Waals surface area contributed by atoms with Crippen LogP contribution >= 0.6 is 0 Å². The van der Waals surface area contributed by atoms with E-state index in [9.17, 15) is 9.59 Å².